The molecule has 0 aliphatic carbocycles. The molecule has 0 saturated heterocycles. The fourth-order valence-electron chi connectivity index (χ4n) is 2.30. The second-order valence-corrected chi connectivity index (χ2v) is 4.82. The Hall–Kier alpha value is -3.02. The van der Waals surface area contributed by atoms with Gasteiger partial charge in [-0.3, -0.25) is 9.59 Å². The molecule has 0 spiro atoms. The van der Waals surface area contributed by atoms with E-state index in [1.807, 2.05) is 0 Å². The van der Waals surface area contributed by atoms with Crippen molar-refractivity contribution in [2.24, 2.45) is 0 Å². The summed E-state index contributed by atoms with van der Waals surface area (Å²) in [5.41, 5.74) is -0.853. The van der Waals surface area contributed by atoms with Crippen molar-refractivity contribution in [2.75, 3.05) is 0 Å². The standard InChI is InChI=1S/C16H14O6/c1-7(17)9-3-4-12(21)15(16(9)22)14-11(20)6-5-10(19)13(14)8(2)18/h3-6,19-22H,1-2H3. The summed E-state index contributed by atoms with van der Waals surface area (Å²) < 4.78 is 0. The summed E-state index contributed by atoms with van der Waals surface area (Å²) in [5.74, 6) is -2.87. The Bertz CT molecular complexity index is 792. The van der Waals surface area contributed by atoms with Crippen molar-refractivity contribution in [1.29, 1.82) is 0 Å². The minimum Gasteiger partial charge on any atom is -0.507 e. The first-order valence-corrected chi connectivity index (χ1v) is 6.37. The number of Topliss-reactive ketones (excluding diaryl/α,β-unsaturated/α-hetero) is 2. The van der Waals surface area contributed by atoms with Crippen molar-refractivity contribution in [3.63, 3.8) is 0 Å². The molecule has 6 nitrogen and oxygen atoms in total. The molecule has 0 radical (unpaired) electrons. The van der Waals surface area contributed by atoms with Crippen LogP contribution in [0.1, 0.15) is 34.6 Å². The topological polar surface area (TPSA) is 115 Å². The fraction of sp³-hybridized carbons (Fsp3) is 0.125. The van der Waals surface area contributed by atoms with Gasteiger partial charge in [-0.1, -0.05) is 0 Å². The average molecular weight is 302 g/mol. The number of ketones is 2. The number of hydrogen-bond donors (Lipinski definition) is 4. The average Bonchev–Trinajstić information content (AvgIpc) is 2.41. The molecular formula is C16H14O6. The number of hydrogen-bond acceptors (Lipinski definition) is 6. The minimum absolute atomic E-state index is 0.0787. The van der Waals surface area contributed by atoms with Crippen molar-refractivity contribution >= 4 is 11.6 Å². The predicted octanol–water partition coefficient (Wildman–Crippen LogP) is 2.58. The first-order valence-electron chi connectivity index (χ1n) is 6.37. The summed E-state index contributed by atoms with van der Waals surface area (Å²) in [7, 11) is 0. The largest absolute Gasteiger partial charge is 0.507 e. The Morgan fingerprint density at radius 2 is 1.23 bits per heavy atom. The molecule has 0 aromatic heterocycles. The van der Waals surface area contributed by atoms with Crippen molar-refractivity contribution < 1.29 is 30.0 Å². The molecule has 6 heteroatoms. The molecular weight excluding hydrogens is 288 g/mol. The second kappa shape index (κ2) is 5.40. The minimum atomic E-state index is -0.574. The van der Waals surface area contributed by atoms with Gasteiger partial charge in [0.1, 0.15) is 23.0 Å². The Balaban J connectivity index is 2.95. The molecule has 2 aromatic carbocycles. The molecule has 0 unspecified atom stereocenters. The smallest absolute Gasteiger partial charge is 0.164 e. The van der Waals surface area contributed by atoms with E-state index in [-0.39, 0.29) is 22.3 Å². The number of rotatable bonds is 3. The first kappa shape index (κ1) is 15.4. The Labute approximate surface area is 125 Å². The van der Waals surface area contributed by atoms with Crippen molar-refractivity contribution in [1.82, 2.24) is 0 Å². The number of benzene rings is 2. The van der Waals surface area contributed by atoms with Crippen LogP contribution in [0.3, 0.4) is 0 Å². The number of phenolic OH excluding ortho intramolecular Hbond substituents is 4. The highest BCUT2D eigenvalue weighted by Gasteiger charge is 2.25. The summed E-state index contributed by atoms with van der Waals surface area (Å²) in [6.45, 7) is 2.39. The van der Waals surface area contributed by atoms with E-state index in [1.165, 1.54) is 26.0 Å². The van der Waals surface area contributed by atoms with E-state index < -0.39 is 34.6 Å². The van der Waals surface area contributed by atoms with E-state index in [2.05, 4.69) is 0 Å². The fourth-order valence-corrected chi connectivity index (χ4v) is 2.30. The van der Waals surface area contributed by atoms with Gasteiger partial charge < -0.3 is 20.4 Å². The molecule has 22 heavy (non-hydrogen) atoms. The van der Waals surface area contributed by atoms with E-state index in [0.29, 0.717) is 0 Å². The predicted molar refractivity (Wildman–Crippen MR) is 78.5 cm³/mol. The maximum Gasteiger partial charge on any atom is 0.164 e. The number of carbonyl (C=O) groups excluding carboxylic acids is 2. The third-order valence-corrected chi connectivity index (χ3v) is 3.30. The third kappa shape index (κ3) is 2.35. The van der Waals surface area contributed by atoms with Gasteiger partial charge in [0, 0.05) is 5.56 Å². The maximum absolute atomic E-state index is 11.8. The zero-order chi connectivity index (χ0) is 16.6. The van der Waals surface area contributed by atoms with Crippen LogP contribution in [0, 0.1) is 0 Å². The summed E-state index contributed by atoms with van der Waals surface area (Å²) >= 11 is 0. The van der Waals surface area contributed by atoms with E-state index >= 15 is 0 Å². The van der Waals surface area contributed by atoms with E-state index in [0.717, 1.165) is 12.1 Å². The molecule has 0 fully saturated rings. The normalized spacial score (nSPS) is 10.5. The molecule has 4 N–H and O–H groups in total. The van der Waals surface area contributed by atoms with Gasteiger partial charge in [-0.25, -0.2) is 0 Å². The molecule has 0 bridgehead atoms. The quantitative estimate of drug-likeness (QED) is 0.511. The molecule has 2 aromatic rings. The van der Waals surface area contributed by atoms with Crippen LogP contribution < -0.4 is 0 Å². The van der Waals surface area contributed by atoms with Crippen LogP contribution in [0.5, 0.6) is 23.0 Å². The number of phenols is 4. The van der Waals surface area contributed by atoms with Crippen molar-refractivity contribution in [2.45, 2.75) is 13.8 Å². The summed E-state index contributed by atoms with van der Waals surface area (Å²) in [5, 5.41) is 40.1. The van der Waals surface area contributed by atoms with Crippen LogP contribution in [0.15, 0.2) is 24.3 Å². The third-order valence-electron chi connectivity index (χ3n) is 3.30. The van der Waals surface area contributed by atoms with Gasteiger partial charge >= 0.3 is 0 Å². The highest BCUT2D eigenvalue weighted by atomic mass is 16.3. The maximum atomic E-state index is 11.8. The van der Waals surface area contributed by atoms with Gasteiger partial charge in [0.05, 0.1) is 16.7 Å². The highest BCUT2D eigenvalue weighted by Crippen LogP contribution is 2.47. The van der Waals surface area contributed by atoms with E-state index in [1.54, 1.807) is 0 Å². The van der Waals surface area contributed by atoms with Gasteiger partial charge in [-0.05, 0) is 38.1 Å². The lowest BCUT2D eigenvalue weighted by Gasteiger charge is -2.15. The summed E-state index contributed by atoms with van der Waals surface area (Å²) in [6, 6.07) is 4.64. The Kier molecular flexibility index (Phi) is 3.77. The van der Waals surface area contributed by atoms with Crippen molar-refractivity contribution in [3.8, 4) is 34.1 Å². The summed E-state index contributed by atoms with van der Waals surface area (Å²) in [4.78, 5) is 23.3. The molecule has 0 atom stereocenters. The van der Waals surface area contributed by atoms with Gasteiger partial charge in [-0.2, -0.15) is 0 Å². The first-order chi connectivity index (χ1) is 10.3. The monoisotopic (exact) mass is 302 g/mol. The molecule has 0 aliphatic rings. The lowest BCUT2D eigenvalue weighted by molar-refractivity contribution is 0.100. The molecule has 114 valence electrons. The highest BCUT2D eigenvalue weighted by molar-refractivity contribution is 6.08. The van der Waals surface area contributed by atoms with E-state index in [9.17, 15) is 30.0 Å². The van der Waals surface area contributed by atoms with Crippen LogP contribution in [0.4, 0.5) is 0 Å². The van der Waals surface area contributed by atoms with Gasteiger partial charge in [0.15, 0.2) is 11.6 Å². The molecule has 0 amide bonds. The SMILES string of the molecule is CC(=O)c1ccc(O)c(-c2c(O)ccc(O)c2C(C)=O)c1O. The second-order valence-electron chi connectivity index (χ2n) is 4.82. The molecule has 0 heterocycles. The number of carbonyl (C=O) groups is 2. The van der Waals surface area contributed by atoms with Crippen LogP contribution >= 0.6 is 0 Å². The Morgan fingerprint density at radius 1 is 0.727 bits per heavy atom. The molecule has 2 rings (SSSR count). The van der Waals surface area contributed by atoms with Crippen LogP contribution in [-0.2, 0) is 0 Å². The molecule has 0 aliphatic heterocycles. The van der Waals surface area contributed by atoms with E-state index in [4.69, 9.17) is 0 Å². The van der Waals surface area contributed by atoms with Gasteiger partial charge in [0.2, 0.25) is 0 Å². The van der Waals surface area contributed by atoms with Crippen LogP contribution in [0.25, 0.3) is 11.1 Å². The van der Waals surface area contributed by atoms with Gasteiger partial charge in [-0.15, -0.1) is 0 Å². The number of aromatic hydroxyl groups is 4. The van der Waals surface area contributed by atoms with Crippen LogP contribution in [-0.4, -0.2) is 32.0 Å². The molecule has 0 saturated carbocycles. The zero-order valence-corrected chi connectivity index (χ0v) is 11.9. The Morgan fingerprint density at radius 3 is 1.77 bits per heavy atom. The van der Waals surface area contributed by atoms with Crippen LogP contribution in [0.2, 0.25) is 0 Å². The summed E-state index contributed by atoms with van der Waals surface area (Å²) in [6.07, 6.45) is 0. The lowest BCUT2D eigenvalue weighted by Crippen LogP contribution is -2.00. The van der Waals surface area contributed by atoms with Crippen molar-refractivity contribution in [3.05, 3.63) is 35.4 Å². The van der Waals surface area contributed by atoms with Gasteiger partial charge in [0.25, 0.3) is 0 Å². The lowest BCUT2D eigenvalue weighted by atomic mass is 9.92. The zero-order valence-electron chi connectivity index (χ0n) is 11.9.